The first-order valence-electron chi connectivity index (χ1n) is 8.22. The number of aryl methyl sites for hydroxylation is 1. The molecule has 1 atom stereocenters. The fraction of sp³-hybridized carbons (Fsp3) is 0.611. The highest BCUT2D eigenvalue weighted by Gasteiger charge is 2.33. The van der Waals surface area contributed by atoms with Crippen molar-refractivity contribution >= 4 is 5.91 Å². The van der Waals surface area contributed by atoms with Gasteiger partial charge in [0, 0.05) is 12.5 Å². The van der Waals surface area contributed by atoms with E-state index >= 15 is 0 Å². The Labute approximate surface area is 132 Å². The van der Waals surface area contributed by atoms with Gasteiger partial charge in [0.05, 0.1) is 13.2 Å². The maximum Gasteiger partial charge on any atom is 0.220 e. The van der Waals surface area contributed by atoms with Gasteiger partial charge in [0.15, 0.2) is 0 Å². The van der Waals surface area contributed by atoms with Crippen molar-refractivity contribution < 1.29 is 14.6 Å². The van der Waals surface area contributed by atoms with Crippen LogP contribution in [0.4, 0.5) is 0 Å². The second-order valence-electron chi connectivity index (χ2n) is 6.17. The summed E-state index contributed by atoms with van der Waals surface area (Å²) in [5.41, 5.74) is 1.22. The van der Waals surface area contributed by atoms with Crippen LogP contribution in [0.15, 0.2) is 24.3 Å². The van der Waals surface area contributed by atoms with Gasteiger partial charge >= 0.3 is 0 Å². The number of nitrogens with one attached hydrogen (secondary N) is 1. The molecule has 1 fully saturated rings. The fourth-order valence-corrected chi connectivity index (χ4v) is 3.04. The molecule has 1 aliphatic rings. The van der Waals surface area contributed by atoms with E-state index in [1.807, 2.05) is 24.3 Å². The predicted molar refractivity (Wildman–Crippen MR) is 86.9 cm³/mol. The number of hydrogen-bond donors (Lipinski definition) is 2. The molecule has 0 spiro atoms. The highest BCUT2D eigenvalue weighted by Crippen LogP contribution is 2.31. The summed E-state index contributed by atoms with van der Waals surface area (Å²) in [6.07, 6.45) is 4.72. The van der Waals surface area contributed by atoms with Crippen molar-refractivity contribution in [1.82, 2.24) is 5.32 Å². The molecule has 0 bridgehead atoms. The van der Waals surface area contributed by atoms with E-state index in [1.165, 1.54) is 5.56 Å². The smallest absolute Gasteiger partial charge is 0.220 e. The van der Waals surface area contributed by atoms with E-state index in [2.05, 4.69) is 12.2 Å². The van der Waals surface area contributed by atoms with Crippen LogP contribution in [0.5, 0.6) is 5.75 Å². The van der Waals surface area contributed by atoms with E-state index in [-0.39, 0.29) is 18.1 Å². The lowest BCUT2D eigenvalue weighted by Gasteiger charge is -2.37. The molecule has 4 heteroatoms. The molecule has 1 amide bonds. The van der Waals surface area contributed by atoms with Crippen molar-refractivity contribution in [3.05, 3.63) is 29.8 Å². The standard InChI is InChI=1S/C18H27NO3/c1-3-17(14-11-15(20)12-14)19-18(21)6-4-5-13-7-9-16(22-2)10-8-13/h7-10,14-15,17,20H,3-6,11-12H2,1-2H3,(H,19,21)/t14?,15?,17-/m0/s1. The molecule has 1 aliphatic carbocycles. The maximum absolute atomic E-state index is 12.0. The Morgan fingerprint density at radius 3 is 2.59 bits per heavy atom. The van der Waals surface area contributed by atoms with Gasteiger partial charge in [-0.25, -0.2) is 0 Å². The van der Waals surface area contributed by atoms with Gasteiger partial charge in [-0.15, -0.1) is 0 Å². The lowest BCUT2D eigenvalue weighted by atomic mass is 9.76. The van der Waals surface area contributed by atoms with Crippen LogP contribution in [0.25, 0.3) is 0 Å². The molecule has 2 N–H and O–H groups in total. The zero-order valence-corrected chi connectivity index (χ0v) is 13.5. The topological polar surface area (TPSA) is 58.6 Å². The number of aliphatic hydroxyl groups is 1. The van der Waals surface area contributed by atoms with Gasteiger partial charge in [0.1, 0.15) is 5.75 Å². The molecular weight excluding hydrogens is 278 g/mol. The Kier molecular flexibility index (Phi) is 6.25. The van der Waals surface area contributed by atoms with Gasteiger partial charge < -0.3 is 15.2 Å². The Morgan fingerprint density at radius 2 is 2.05 bits per heavy atom. The van der Waals surface area contributed by atoms with Gasteiger partial charge in [0.2, 0.25) is 5.91 Å². The number of methoxy groups -OCH3 is 1. The normalized spacial score (nSPS) is 21.8. The molecule has 22 heavy (non-hydrogen) atoms. The van der Waals surface area contributed by atoms with Crippen LogP contribution in [-0.4, -0.2) is 30.3 Å². The quantitative estimate of drug-likeness (QED) is 0.776. The van der Waals surface area contributed by atoms with Gasteiger partial charge in [0.25, 0.3) is 0 Å². The molecule has 1 aromatic rings. The highest BCUT2D eigenvalue weighted by molar-refractivity contribution is 5.76. The summed E-state index contributed by atoms with van der Waals surface area (Å²) in [7, 11) is 1.66. The Hall–Kier alpha value is -1.55. The third-order valence-corrected chi connectivity index (χ3v) is 4.53. The summed E-state index contributed by atoms with van der Waals surface area (Å²) in [5.74, 6) is 1.43. The average Bonchev–Trinajstić information content (AvgIpc) is 2.50. The van der Waals surface area contributed by atoms with Crippen LogP contribution in [0.1, 0.15) is 44.6 Å². The zero-order valence-electron chi connectivity index (χ0n) is 13.5. The van der Waals surface area contributed by atoms with Crippen LogP contribution >= 0.6 is 0 Å². The number of hydrogen-bond acceptors (Lipinski definition) is 3. The molecular formula is C18H27NO3. The van der Waals surface area contributed by atoms with Crippen molar-refractivity contribution in [2.45, 2.75) is 57.6 Å². The van der Waals surface area contributed by atoms with Crippen LogP contribution in [0, 0.1) is 5.92 Å². The van der Waals surface area contributed by atoms with Crippen LogP contribution in [0.2, 0.25) is 0 Å². The van der Waals surface area contributed by atoms with Crippen LogP contribution in [0.3, 0.4) is 0 Å². The first-order valence-corrected chi connectivity index (χ1v) is 8.22. The highest BCUT2D eigenvalue weighted by atomic mass is 16.5. The minimum Gasteiger partial charge on any atom is -0.497 e. The number of aliphatic hydroxyl groups excluding tert-OH is 1. The summed E-state index contributed by atoms with van der Waals surface area (Å²) >= 11 is 0. The predicted octanol–water partition coefficient (Wildman–Crippen LogP) is 2.68. The number of rotatable bonds is 8. The second kappa shape index (κ2) is 8.18. The molecule has 0 unspecified atom stereocenters. The Bertz CT molecular complexity index is 466. The van der Waals surface area contributed by atoms with Crippen molar-refractivity contribution in [2.24, 2.45) is 5.92 Å². The van der Waals surface area contributed by atoms with E-state index in [1.54, 1.807) is 7.11 Å². The third-order valence-electron chi connectivity index (χ3n) is 4.53. The molecule has 122 valence electrons. The van der Waals surface area contributed by atoms with Crippen molar-refractivity contribution in [1.29, 1.82) is 0 Å². The summed E-state index contributed by atoms with van der Waals surface area (Å²) < 4.78 is 5.13. The molecule has 0 radical (unpaired) electrons. The van der Waals surface area contributed by atoms with Crippen LogP contribution < -0.4 is 10.1 Å². The minimum atomic E-state index is -0.161. The molecule has 0 aromatic heterocycles. The molecule has 1 saturated carbocycles. The van der Waals surface area contributed by atoms with E-state index in [4.69, 9.17) is 4.74 Å². The first-order chi connectivity index (χ1) is 10.6. The maximum atomic E-state index is 12.0. The van der Waals surface area contributed by atoms with E-state index < -0.39 is 0 Å². The number of carbonyl (C=O) groups is 1. The van der Waals surface area contributed by atoms with Gasteiger partial charge in [-0.3, -0.25) is 4.79 Å². The minimum absolute atomic E-state index is 0.127. The van der Waals surface area contributed by atoms with Crippen molar-refractivity contribution in [2.75, 3.05) is 7.11 Å². The Balaban J connectivity index is 1.68. The van der Waals surface area contributed by atoms with Gasteiger partial charge in [-0.05, 0) is 55.7 Å². The molecule has 1 aromatic carbocycles. The lowest BCUT2D eigenvalue weighted by Crippen LogP contribution is -2.46. The molecule has 2 rings (SSSR count). The molecule has 0 aliphatic heterocycles. The molecule has 0 heterocycles. The molecule has 4 nitrogen and oxygen atoms in total. The number of carbonyl (C=O) groups excluding carboxylic acids is 1. The lowest BCUT2D eigenvalue weighted by molar-refractivity contribution is -0.123. The van der Waals surface area contributed by atoms with Gasteiger partial charge in [-0.2, -0.15) is 0 Å². The van der Waals surface area contributed by atoms with Gasteiger partial charge in [-0.1, -0.05) is 19.1 Å². The summed E-state index contributed by atoms with van der Waals surface area (Å²) in [6.45, 7) is 2.09. The van der Waals surface area contributed by atoms with Crippen LogP contribution in [-0.2, 0) is 11.2 Å². The van der Waals surface area contributed by atoms with Crippen molar-refractivity contribution in [3.8, 4) is 5.75 Å². The second-order valence-corrected chi connectivity index (χ2v) is 6.17. The number of ether oxygens (including phenoxy) is 1. The summed E-state index contributed by atoms with van der Waals surface area (Å²) in [5, 5.41) is 12.5. The van der Waals surface area contributed by atoms with E-state index in [9.17, 15) is 9.90 Å². The first kappa shape index (κ1) is 16.8. The summed E-state index contributed by atoms with van der Waals surface area (Å²) in [4.78, 5) is 12.0. The van der Waals surface area contributed by atoms with E-state index in [0.29, 0.717) is 12.3 Å². The third kappa shape index (κ3) is 4.73. The largest absolute Gasteiger partial charge is 0.497 e. The summed E-state index contributed by atoms with van der Waals surface area (Å²) in [6, 6.07) is 8.20. The van der Waals surface area contributed by atoms with E-state index in [0.717, 1.165) is 37.9 Å². The number of amides is 1. The zero-order chi connectivity index (χ0) is 15.9. The number of benzene rings is 1. The Morgan fingerprint density at radius 1 is 1.36 bits per heavy atom. The monoisotopic (exact) mass is 305 g/mol. The van der Waals surface area contributed by atoms with Crippen molar-refractivity contribution in [3.63, 3.8) is 0 Å². The molecule has 0 saturated heterocycles. The fourth-order valence-electron chi connectivity index (χ4n) is 3.04. The SMILES string of the molecule is CC[C@H](NC(=O)CCCc1ccc(OC)cc1)C1CC(O)C1. The average molecular weight is 305 g/mol.